The van der Waals surface area contributed by atoms with Gasteiger partial charge in [-0.3, -0.25) is 9.59 Å². The van der Waals surface area contributed by atoms with Crippen LogP contribution in [0, 0.1) is 18.3 Å². The third-order valence-electron chi connectivity index (χ3n) is 3.39. The Bertz CT molecular complexity index is 371. The van der Waals surface area contributed by atoms with Gasteiger partial charge in [-0.1, -0.05) is 20.8 Å². The van der Waals surface area contributed by atoms with E-state index in [1.165, 1.54) is 0 Å². The maximum Gasteiger partial charge on any atom is 0.245 e. The van der Waals surface area contributed by atoms with Gasteiger partial charge in [0.25, 0.3) is 0 Å². The smallest absolute Gasteiger partial charge is 0.245 e. The Hall–Kier alpha value is -1.50. The molecule has 0 spiro atoms. The Balaban J connectivity index is 2.77. The molecule has 2 atom stereocenters. The van der Waals surface area contributed by atoms with Gasteiger partial charge in [-0.2, -0.15) is 0 Å². The van der Waals surface area contributed by atoms with Crippen LogP contribution in [0.5, 0.6) is 0 Å². The van der Waals surface area contributed by atoms with Crippen LogP contribution in [-0.2, 0) is 9.59 Å². The van der Waals surface area contributed by atoms with E-state index in [-0.39, 0.29) is 23.9 Å². The molecule has 1 heterocycles. The van der Waals surface area contributed by atoms with Crippen molar-refractivity contribution in [2.24, 2.45) is 5.92 Å². The molecule has 19 heavy (non-hydrogen) atoms. The first kappa shape index (κ1) is 15.6. The van der Waals surface area contributed by atoms with Crippen LogP contribution in [-0.4, -0.2) is 35.3 Å². The fourth-order valence-corrected chi connectivity index (χ4v) is 2.48. The van der Waals surface area contributed by atoms with Crippen molar-refractivity contribution < 1.29 is 9.59 Å². The normalized spacial score (nSPS) is 23.4. The molecular formula is C15H24N2O2. The number of carbonyl (C=O) groups is 2. The summed E-state index contributed by atoms with van der Waals surface area (Å²) in [5, 5.41) is 2.85. The fraction of sp³-hybridized carbons (Fsp3) is 0.733. The molecule has 1 aliphatic heterocycles. The number of hydrogen-bond donors (Lipinski definition) is 1. The molecule has 0 aromatic rings. The van der Waals surface area contributed by atoms with Gasteiger partial charge < -0.3 is 10.2 Å². The molecule has 2 unspecified atom stereocenters. The molecule has 0 bridgehead atoms. The standard InChI is InChI=1S/C15H24N2O2/c1-5-7-8-9-17-13(6-2)14(18)16-12(15(17)19)10-11(3)4/h1,11-13H,6-10H2,2-4H3,(H,16,18). The Morgan fingerprint density at radius 2 is 2.11 bits per heavy atom. The molecule has 1 N–H and O–H groups in total. The molecule has 1 aliphatic rings. The summed E-state index contributed by atoms with van der Waals surface area (Å²) in [6, 6.07) is -0.713. The molecule has 0 saturated carbocycles. The molecule has 106 valence electrons. The summed E-state index contributed by atoms with van der Waals surface area (Å²) in [5.41, 5.74) is 0. The summed E-state index contributed by atoms with van der Waals surface area (Å²) < 4.78 is 0. The average molecular weight is 264 g/mol. The quantitative estimate of drug-likeness (QED) is 0.584. The van der Waals surface area contributed by atoms with Crippen molar-refractivity contribution in [3.8, 4) is 12.3 Å². The van der Waals surface area contributed by atoms with Crippen LogP contribution >= 0.6 is 0 Å². The second-order valence-electron chi connectivity index (χ2n) is 5.45. The SMILES string of the molecule is C#CCCCN1C(=O)C(CC(C)C)NC(=O)C1CC. The lowest BCUT2D eigenvalue weighted by atomic mass is 9.97. The lowest BCUT2D eigenvalue weighted by Crippen LogP contribution is -2.63. The highest BCUT2D eigenvalue weighted by Crippen LogP contribution is 2.18. The zero-order chi connectivity index (χ0) is 14.4. The van der Waals surface area contributed by atoms with Crippen LogP contribution in [0.3, 0.4) is 0 Å². The van der Waals surface area contributed by atoms with Crippen molar-refractivity contribution in [2.75, 3.05) is 6.54 Å². The number of nitrogens with one attached hydrogen (secondary N) is 1. The zero-order valence-electron chi connectivity index (χ0n) is 12.1. The number of terminal acetylenes is 1. The second-order valence-corrected chi connectivity index (χ2v) is 5.45. The maximum atomic E-state index is 12.4. The van der Waals surface area contributed by atoms with Gasteiger partial charge in [-0.05, 0) is 25.2 Å². The first-order valence-electron chi connectivity index (χ1n) is 7.05. The monoisotopic (exact) mass is 264 g/mol. The first-order valence-corrected chi connectivity index (χ1v) is 7.05. The summed E-state index contributed by atoms with van der Waals surface area (Å²) in [7, 11) is 0. The maximum absolute atomic E-state index is 12.4. The molecule has 1 rings (SSSR count). The van der Waals surface area contributed by atoms with Gasteiger partial charge in [0.1, 0.15) is 12.1 Å². The van der Waals surface area contributed by atoms with Crippen LogP contribution in [0.1, 0.15) is 46.5 Å². The number of unbranched alkanes of at least 4 members (excludes halogenated alkanes) is 1. The number of carbonyl (C=O) groups excluding carboxylic acids is 2. The van der Waals surface area contributed by atoms with Gasteiger partial charge >= 0.3 is 0 Å². The molecule has 0 aromatic heterocycles. The largest absolute Gasteiger partial charge is 0.342 e. The Labute approximate surface area is 115 Å². The summed E-state index contributed by atoms with van der Waals surface area (Å²) in [5.74, 6) is 2.95. The lowest BCUT2D eigenvalue weighted by molar-refractivity contribution is -0.150. The van der Waals surface area contributed by atoms with Crippen LogP contribution in [0.4, 0.5) is 0 Å². The molecule has 4 nitrogen and oxygen atoms in total. The third-order valence-corrected chi connectivity index (χ3v) is 3.39. The zero-order valence-corrected chi connectivity index (χ0v) is 12.1. The second kappa shape index (κ2) is 7.18. The van der Waals surface area contributed by atoms with Gasteiger partial charge in [0.15, 0.2) is 0 Å². The number of rotatable bonds is 6. The van der Waals surface area contributed by atoms with E-state index in [1.54, 1.807) is 4.90 Å². The van der Waals surface area contributed by atoms with Crippen molar-refractivity contribution in [3.05, 3.63) is 0 Å². The molecule has 0 aromatic carbocycles. The van der Waals surface area contributed by atoms with Crippen molar-refractivity contribution in [2.45, 2.75) is 58.5 Å². The predicted octanol–water partition coefficient (Wildman–Crippen LogP) is 1.55. The van der Waals surface area contributed by atoms with E-state index in [4.69, 9.17) is 6.42 Å². The lowest BCUT2D eigenvalue weighted by Gasteiger charge is -2.39. The summed E-state index contributed by atoms with van der Waals surface area (Å²) >= 11 is 0. The van der Waals surface area contributed by atoms with Gasteiger partial charge in [-0.25, -0.2) is 0 Å². The summed E-state index contributed by atoms with van der Waals surface area (Å²) in [6.45, 7) is 6.60. The number of amides is 2. The number of nitrogens with zero attached hydrogens (tertiary/aromatic N) is 1. The molecule has 1 fully saturated rings. The fourth-order valence-electron chi connectivity index (χ4n) is 2.48. The Kier molecular flexibility index (Phi) is 5.88. The van der Waals surface area contributed by atoms with Gasteiger partial charge in [0.2, 0.25) is 11.8 Å². The molecule has 0 radical (unpaired) electrons. The average Bonchev–Trinajstić information content (AvgIpc) is 2.34. The van der Waals surface area contributed by atoms with E-state index >= 15 is 0 Å². The van der Waals surface area contributed by atoms with E-state index in [2.05, 4.69) is 11.2 Å². The molecular weight excluding hydrogens is 240 g/mol. The van der Waals surface area contributed by atoms with Crippen molar-refractivity contribution in [1.82, 2.24) is 10.2 Å². The van der Waals surface area contributed by atoms with Crippen molar-refractivity contribution in [3.63, 3.8) is 0 Å². The van der Waals surface area contributed by atoms with Crippen LogP contribution in [0.25, 0.3) is 0 Å². The van der Waals surface area contributed by atoms with E-state index < -0.39 is 0 Å². The van der Waals surface area contributed by atoms with Crippen molar-refractivity contribution in [1.29, 1.82) is 0 Å². The Morgan fingerprint density at radius 1 is 1.42 bits per heavy atom. The topological polar surface area (TPSA) is 49.4 Å². The van der Waals surface area contributed by atoms with E-state index in [0.29, 0.717) is 31.7 Å². The van der Waals surface area contributed by atoms with Crippen molar-refractivity contribution >= 4 is 11.8 Å². The predicted molar refractivity (Wildman–Crippen MR) is 75.2 cm³/mol. The third kappa shape index (κ3) is 3.99. The molecule has 1 saturated heterocycles. The number of hydrogen-bond acceptors (Lipinski definition) is 2. The molecule has 0 aliphatic carbocycles. The minimum atomic E-state index is -0.374. The highest BCUT2D eigenvalue weighted by atomic mass is 16.2. The van der Waals surface area contributed by atoms with E-state index in [0.717, 1.165) is 6.42 Å². The minimum Gasteiger partial charge on any atom is -0.342 e. The minimum absolute atomic E-state index is 0.0338. The van der Waals surface area contributed by atoms with Gasteiger partial charge in [0, 0.05) is 13.0 Å². The van der Waals surface area contributed by atoms with E-state index in [9.17, 15) is 9.59 Å². The number of piperazine rings is 1. The van der Waals surface area contributed by atoms with Crippen LogP contribution in [0.15, 0.2) is 0 Å². The Morgan fingerprint density at radius 3 is 2.63 bits per heavy atom. The summed E-state index contributed by atoms with van der Waals surface area (Å²) in [4.78, 5) is 26.2. The van der Waals surface area contributed by atoms with E-state index in [1.807, 2.05) is 20.8 Å². The first-order chi connectivity index (χ1) is 9.01. The molecule has 2 amide bonds. The molecule has 4 heteroatoms. The van der Waals surface area contributed by atoms with Gasteiger partial charge in [-0.15, -0.1) is 12.3 Å². The highest BCUT2D eigenvalue weighted by Gasteiger charge is 2.39. The van der Waals surface area contributed by atoms with Crippen LogP contribution in [0.2, 0.25) is 0 Å². The van der Waals surface area contributed by atoms with Crippen LogP contribution < -0.4 is 5.32 Å². The van der Waals surface area contributed by atoms with Gasteiger partial charge in [0.05, 0.1) is 0 Å². The highest BCUT2D eigenvalue weighted by molar-refractivity contribution is 5.96. The summed E-state index contributed by atoms with van der Waals surface area (Å²) in [6.07, 6.45) is 7.95.